The maximum atomic E-state index is 11.7. The first-order valence-electron chi connectivity index (χ1n) is 6.63. The van der Waals surface area contributed by atoms with Crippen molar-refractivity contribution in [1.82, 2.24) is 10.2 Å². The van der Waals surface area contributed by atoms with E-state index >= 15 is 0 Å². The Bertz CT molecular complexity index is 317. The van der Waals surface area contributed by atoms with E-state index in [1.54, 1.807) is 7.05 Å². The first-order valence-corrected chi connectivity index (χ1v) is 6.63. The Morgan fingerprint density at radius 2 is 2.00 bits per heavy atom. The van der Waals surface area contributed by atoms with Gasteiger partial charge in [0, 0.05) is 7.05 Å². The van der Waals surface area contributed by atoms with E-state index in [0.717, 1.165) is 12.5 Å². The summed E-state index contributed by atoms with van der Waals surface area (Å²) in [5, 5.41) is 3.28. The third-order valence-electron chi connectivity index (χ3n) is 4.30. The van der Waals surface area contributed by atoms with Crippen LogP contribution in [0, 0.1) is 11.8 Å². The molecular weight excluding hydrogens is 216 g/mol. The summed E-state index contributed by atoms with van der Waals surface area (Å²) < 4.78 is 0. The summed E-state index contributed by atoms with van der Waals surface area (Å²) in [6.45, 7) is 3.16. The Balaban J connectivity index is 1.82. The third kappa shape index (κ3) is 2.68. The Morgan fingerprint density at radius 1 is 1.29 bits per heavy atom. The number of carbonyl (C=O) groups excluding carboxylic acids is 2. The Hall–Kier alpha value is -0.900. The van der Waals surface area contributed by atoms with Gasteiger partial charge in [-0.15, -0.1) is 0 Å². The van der Waals surface area contributed by atoms with Crippen LogP contribution in [0.4, 0.5) is 0 Å². The van der Waals surface area contributed by atoms with Crippen LogP contribution < -0.4 is 5.32 Å². The smallest absolute Gasteiger partial charge is 0.246 e. The molecule has 3 unspecified atom stereocenters. The van der Waals surface area contributed by atoms with Crippen molar-refractivity contribution in [2.75, 3.05) is 13.6 Å². The van der Waals surface area contributed by atoms with E-state index in [-0.39, 0.29) is 17.9 Å². The van der Waals surface area contributed by atoms with Crippen molar-refractivity contribution in [3.8, 4) is 0 Å². The molecule has 0 aromatic carbocycles. The molecule has 2 rings (SSSR count). The molecule has 2 amide bonds. The van der Waals surface area contributed by atoms with Crippen LogP contribution in [0.3, 0.4) is 0 Å². The molecule has 0 bridgehead atoms. The van der Waals surface area contributed by atoms with Crippen molar-refractivity contribution < 1.29 is 9.59 Å². The van der Waals surface area contributed by atoms with Crippen molar-refractivity contribution in [2.45, 2.75) is 45.1 Å². The number of nitrogens with zero attached hydrogens (tertiary/aromatic N) is 1. The number of hydrogen-bond acceptors (Lipinski definition) is 3. The van der Waals surface area contributed by atoms with Gasteiger partial charge in [0.1, 0.15) is 0 Å². The van der Waals surface area contributed by atoms with Crippen molar-refractivity contribution in [3.05, 3.63) is 0 Å². The van der Waals surface area contributed by atoms with Gasteiger partial charge < -0.3 is 5.32 Å². The minimum absolute atomic E-state index is 0.0656. The summed E-state index contributed by atoms with van der Waals surface area (Å²) in [6, 6.07) is -0.276. The van der Waals surface area contributed by atoms with Gasteiger partial charge in [0.25, 0.3) is 0 Å². The molecule has 1 saturated heterocycles. The second-order valence-electron chi connectivity index (χ2n) is 5.48. The SMILES string of the molecule is CC1CCCCC1CNC1CC(=O)N(C)C1=O. The van der Waals surface area contributed by atoms with Gasteiger partial charge in [-0.2, -0.15) is 0 Å². The first kappa shape index (κ1) is 12.6. The maximum absolute atomic E-state index is 11.7. The lowest BCUT2D eigenvalue weighted by Crippen LogP contribution is -2.41. The lowest BCUT2D eigenvalue weighted by molar-refractivity contribution is -0.137. The summed E-state index contributed by atoms with van der Waals surface area (Å²) in [5.74, 6) is 1.27. The monoisotopic (exact) mass is 238 g/mol. The molecule has 96 valence electrons. The molecule has 0 radical (unpaired) electrons. The number of imide groups is 1. The Kier molecular flexibility index (Phi) is 3.82. The molecule has 4 heteroatoms. The molecule has 0 aromatic heterocycles. The summed E-state index contributed by atoms with van der Waals surface area (Å²) in [4.78, 5) is 24.3. The van der Waals surface area contributed by atoms with Crippen LogP contribution in [0.15, 0.2) is 0 Å². The normalized spacial score (nSPS) is 34.5. The topological polar surface area (TPSA) is 49.4 Å². The van der Waals surface area contributed by atoms with Gasteiger partial charge >= 0.3 is 0 Å². The van der Waals surface area contributed by atoms with Crippen molar-refractivity contribution in [2.24, 2.45) is 11.8 Å². The van der Waals surface area contributed by atoms with Gasteiger partial charge in [-0.1, -0.05) is 26.2 Å². The van der Waals surface area contributed by atoms with E-state index in [2.05, 4.69) is 12.2 Å². The zero-order chi connectivity index (χ0) is 12.4. The fourth-order valence-corrected chi connectivity index (χ4v) is 2.90. The van der Waals surface area contributed by atoms with Crippen molar-refractivity contribution >= 4 is 11.8 Å². The molecule has 0 aromatic rings. The number of rotatable bonds is 3. The molecule has 0 spiro atoms. The van der Waals surface area contributed by atoms with Crippen LogP contribution >= 0.6 is 0 Å². The van der Waals surface area contributed by atoms with E-state index in [1.165, 1.54) is 30.6 Å². The number of hydrogen-bond donors (Lipinski definition) is 1. The highest BCUT2D eigenvalue weighted by Gasteiger charge is 2.36. The molecule has 2 aliphatic rings. The molecular formula is C13H22N2O2. The maximum Gasteiger partial charge on any atom is 0.246 e. The van der Waals surface area contributed by atoms with Gasteiger partial charge in [0.2, 0.25) is 11.8 Å². The predicted molar refractivity (Wildman–Crippen MR) is 65.3 cm³/mol. The molecule has 4 nitrogen and oxygen atoms in total. The number of amides is 2. The van der Waals surface area contributed by atoms with Crippen molar-refractivity contribution in [1.29, 1.82) is 0 Å². The van der Waals surface area contributed by atoms with Gasteiger partial charge in [-0.05, 0) is 24.8 Å². The summed E-state index contributed by atoms with van der Waals surface area (Å²) in [5.41, 5.74) is 0. The lowest BCUT2D eigenvalue weighted by Gasteiger charge is -2.29. The number of likely N-dealkylation sites (N-methyl/N-ethyl adjacent to an activating group) is 1. The van der Waals surface area contributed by atoms with Crippen LogP contribution in [-0.4, -0.2) is 36.3 Å². The zero-order valence-electron chi connectivity index (χ0n) is 10.7. The standard InChI is InChI=1S/C13H22N2O2/c1-9-5-3-4-6-10(9)8-14-11-7-12(16)15(2)13(11)17/h9-11,14H,3-8H2,1-2H3. The highest BCUT2D eigenvalue weighted by molar-refractivity contribution is 6.05. The molecule has 1 aliphatic heterocycles. The fourth-order valence-electron chi connectivity index (χ4n) is 2.90. The Labute approximate surface area is 103 Å². The highest BCUT2D eigenvalue weighted by atomic mass is 16.2. The molecule has 17 heavy (non-hydrogen) atoms. The van der Waals surface area contributed by atoms with Crippen LogP contribution in [0.25, 0.3) is 0 Å². The predicted octanol–water partition coefficient (Wildman–Crippen LogP) is 1.16. The minimum Gasteiger partial charge on any atom is -0.305 e. The van der Waals surface area contributed by atoms with Crippen LogP contribution in [0.2, 0.25) is 0 Å². The number of carbonyl (C=O) groups is 2. The first-order chi connectivity index (χ1) is 8.09. The molecule has 1 heterocycles. The number of nitrogens with one attached hydrogen (secondary N) is 1. The molecule has 3 atom stereocenters. The summed E-state index contributed by atoms with van der Waals surface area (Å²) in [6.07, 6.45) is 5.51. The largest absolute Gasteiger partial charge is 0.305 e. The second-order valence-corrected chi connectivity index (χ2v) is 5.48. The van der Waals surface area contributed by atoms with E-state index in [0.29, 0.717) is 12.3 Å². The van der Waals surface area contributed by atoms with E-state index < -0.39 is 0 Å². The van der Waals surface area contributed by atoms with Crippen LogP contribution in [0.1, 0.15) is 39.0 Å². The molecule has 1 saturated carbocycles. The minimum atomic E-state index is -0.276. The molecule has 1 aliphatic carbocycles. The van der Waals surface area contributed by atoms with Crippen LogP contribution in [-0.2, 0) is 9.59 Å². The Morgan fingerprint density at radius 3 is 2.59 bits per heavy atom. The second kappa shape index (κ2) is 5.17. The number of likely N-dealkylation sites (tertiary alicyclic amines) is 1. The third-order valence-corrected chi connectivity index (χ3v) is 4.30. The highest BCUT2D eigenvalue weighted by Crippen LogP contribution is 2.29. The fraction of sp³-hybridized carbons (Fsp3) is 0.846. The summed E-state index contributed by atoms with van der Waals surface area (Å²) >= 11 is 0. The lowest BCUT2D eigenvalue weighted by atomic mass is 9.80. The molecule has 2 fully saturated rings. The van der Waals surface area contributed by atoms with Gasteiger partial charge in [0.05, 0.1) is 12.5 Å². The van der Waals surface area contributed by atoms with E-state index in [9.17, 15) is 9.59 Å². The average molecular weight is 238 g/mol. The zero-order valence-corrected chi connectivity index (χ0v) is 10.7. The average Bonchev–Trinajstić information content (AvgIpc) is 2.56. The van der Waals surface area contributed by atoms with Gasteiger partial charge in [-0.3, -0.25) is 14.5 Å². The summed E-state index contributed by atoms with van der Waals surface area (Å²) in [7, 11) is 1.57. The van der Waals surface area contributed by atoms with Gasteiger partial charge in [-0.25, -0.2) is 0 Å². The van der Waals surface area contributed by atoms with E-state index in [4.69, 9.17) is 0 Å². The van der Waals surface area contributed by atoms with Crippen LogP contribution in [0.5, 0.6) is 0 Å². The molecule has 1 N–H and O–H groups in total. The van der Waals surface area contributed by atoms with Crippen molar-refractivity contribution in [3.63, 3.8) is 0 Å². The van der Waals surface area contributed by atoms with E-state index in [1.807, 2.05) is 0 Å². The van der Waals surface area contributed by atoms with Gasteiger partial charge in [0.15, 0.2) is 0 Å². The quantitative estimate of drug-likeness (QED) is 0.751.